The monoisotopic (exact) mass is 240 g/mol. The van der Waals surface area contributed by atoms with Crippen molar-refractivity contribution in [1.82, 2.24) is 5.32 Å². The predicted octanol–water partition coefficient (Wildman–Crippen LogP) is 1.96. The Morgan fingerprint density at radius 3 is 2.82 bits per heavy atom. The number of carbonyl (C=O) groups excluding carboxylic acids is 1. The highest BCUT2D eigenvalue weighted by Crippen LogP contribution is 2.19. The van der Waals surface area contributed by atoms with Gasteiger partial charge in [-0.3, -0.25) is 4.79 Å². The number of anilines is 1. The highest BCUT2D eigenvalue weighted by molar-refractivity contribution is 5.78. The predicted molar refractivity (Wildman–Crippen MR) is 60.7 cm³/mol. The molecule has 0 bridgehead atoms. The summed E-state index contributed by atoms with van der Waals surface area (Å²) in [5.41, 5.74) is 0.413. The lowest BCUT2D eigenvalue weighted by Gasteiger charge is -2.13. The maximum Gasteiger partial charge on any atom is 0.220 e. The third kappa shape index (κ3) is 2.72. The number of benzene rings is 1. The molecule has 0 spiro atoms. The molecule has 1 saturated heterocycles. The third-order valence-corrected chi connectivity index (χ3v) is 2.87. The van der Waals surface area contributed by atoms with E-state index < -0.39 is 11.6 Å². The molecule has 1 aromatic carbocycles. The Hall–Kier alpha value is -1.65. The van der Waals surface area contributed by atoms with Crippen LogP contribution in [-0.4, -0.2) is 18.5 Å². The summed E-state index contributed by atoms with van der Waals surface area (Å²) in [4.78, 5) is 11.0. The second-order valence-corrected chi connectivity index (χ2v) is 4.27. The van der Waals surface area contributed by atoms with Crippen molar-refractivity contribution in [3.63, 3.8) is 0 Å². The first-order valence-corrected chi connectivity index (χ1v) is 5.55. The van der Waals surface area contributed by atoms with Crippen molar-refractivity contribution < 1.29 is 13.6 Å². The topological polar surface area (TPSA) is 41.1 Å². The number of halogens is 2. The molecular weight excluding hydrogens is 226 g/mol. The standard InChI is InChI=1S/C12H14F2N2O/c1-7-4-10(14)11(5-9(7)13)15-6-8-2-3-12(17)16-8/h4-5,8,15H,2-3,6H2,1H3,(H,16,17). The second kappa shape index (κ2) is 4.69. The third-order valence-electron chi connectivity index (χ3n) is 2.87. The van der Waals surface area contributed by atoms with Gasteiger partial charge in [0.25, 0.3) is 0 Å². The van der Waals surface area contributed by atoms with E-state index >= 15 is 0 Å². The van der Waals surface area contributed by atoms with Gasteiger partial charge in [-0.2, -0.15) is 0 Å². The smallest absolute Gasteiger partial charge is 0.220 e. The van der Waals surface area contributed by atoms with E-state index in [2.05, 4.69) is 10.6 Å². The molecule has 17 heavy (non-hydrogen) atoms. The molecule has 1 amide bonds. The van der Waals surface area contributed by atoms with Crippen molar-refractivity contribution in [1.29, 1.82) is 0 Å². The molecule has 1 unspecified atom stereocenters. The fraction of sp³-hybridized carbons (Fsp3) is 0.417. The van der Waals surface area contributed by atoms with Gasteiger partial charge in [0, 0.05) is 25.1 Å². The zero-order valence-corrected chi connectivity index (χ0v) is 9.52. The lowest BCUT2D eigenvalue weighted by Crippen LogP contribution is -2.32. The second-order valence-electron chi connectivity index (χ2n) is 4.27. The van der Waals surface area contributed by atoms with Gasteiger partial charge in [0.05, 0.1) is 5.69 Å². The number of amides is 1. The van der Waals surface area contributed by atoms with Crippen LogP contribution in [0.15, 0.2) is 12.1 Å². The first-order chi connectivity index (χ1) is 8.06. The van der Waals surface area contributed by atoms with Gasteiger partial charge >= 0.3 is 0 Å². The molecule has 2 rings (SSSR count). The number of hydrogen-bond donors (Lipinski definition) is 2. The van der Waals surface area contributed by atoms with E-state index in [1.807, 2.05) is 0 Å². The molecule has 1 fully saturated rings. The highest BCUT2D eigenvalue weighted by atomic mass is 19.1. The molecule has 0 aromatic heterocycles. The van der Waals surface area contributed by atoms with Gasteiger partial charge in [-0.05, 0) is 25.0 Å². The fourth-order valence-electron chi connectivity index (χ4n) is 1.85. The molecule has 1 aliphatic rings. The van der Waals surface area contributed by atoms with Crippen LogP contribution in [0.1, 0.15) is 18.4 Å². The van der Waals surface area contributed by atoms with Gasteiger partial charge in [0.15, 0.2) is 0 Å². The molecule has 1 atom stereocenters. The Morgan fingerprint density at radius 1 is 1.41 bits per heavy atom. The van der Waals surface area contributed by atoms with E-state index in [1.165, 1.54) is 6.92 Å². The summed E-state index contributed by atoms with van der Waals surface area (Å²) in [6, 6.07) is 2.29. The zero-order chi connectivity index (χ0) is 12.4. The number of rotatable bonds is 3. The average Bonchev–Trinajstić information content (AvgIpc) is 2.68. The Bertz CT molecular complexity index is 448. The quantitative estimate of drug-likeness (QED) is 0.848. The van der Waals surface area contributed by atoms with Gasteiger partial charge in [-0.15, -0.1) is 0 Å². The molecule has 3 nitrogen and oxygen atoms in total. The Kier molecular flexibility index (Phi) is 3.26. The number of nitrogens with one attached hydrogen (secondary N) is 2. The van der Waals surface area contributed by atoms with Gasteiger partial charge in [0.2, 0.25) is 5.91 Å². The maximum absolute atomic E-state index is 13.5. The van der Waals surface area contributed by atoms with E-state index in [1.54, 1.807) is 0 Å². The van der Waals surface area contributed by atoms with Crippen molar-refractivity contribution in [2.75, 3.05) is 11.9 Å². The largest absolute Gasteiger partial charge is 0.381 e. The van der Waals surface area contributed by atoms with Crippen LogP contribution < -0.4 is 10.6 Å². The normalized spacial score (nSPS) is 19.2. The summed E-state index contributed by atoms with van der Waals surface area (Å²) in [5.74, 6) is -0.912. The summed E-state index contributed by atoms with van der Waals surface area (Å²) in [7, 11) is 0. The molecule has 2 N–H and O–H groups in total. The fourth-order valence-corrected chi connectivity index (χ4v) is 1.85. The van der Waals surface area contributed by atoms with Crippen LogP contribution in [0.5, 0.6) is 0 Å². The molecule has 0 aliphatic carbocycles. The van der Waals surface area contributed by atoms with E-state index in [0.29, 0.717) is 13.0 Å². The Balaban J connectivity index is 1.99. The van der Waals surface area contributed by atoms with Crippen molar-refractivity contribution >= 4 is 11.6 Å². The summed E-state index contributed by atoms with van der Waals surface area (Å²) < 4.78 is 26.7. The lowest BCUT2D eigenvalue weighted by molar-refractivity contribution is -0.119. The van der Waals surface area contributed by atoms with Crippen LogP contribution in [0.3, 0.4) is 0 Å². The van der Waals surface area contributed by atoms with Gasteiger partial charge in [0.1, 0.15) is 11.6 Å². The van der Waals surface area contributed by atoms with Gasteiger partial charge in [-0.25, -0.2) is 8.78 Å². The molecular formula is C12H14F2N2O. The van der Waals surface area contributed by atoms with Gasteiger partial charge < -0.3 is 10.6 Å². The Labute approximate surface area is 98.2 Å². The minimum absolute atomic E-state index is 0.00681. The lowest BCUT2D eigenvalue weighted by atomic mass is 10.2. The van der Waals surface area contributed by atoms with Crippen LogP contribution in [-0.2, 0) is 4.79 Å². The minimum Gasteiger partial charge on any atom is -0.381 e. The number of carbonyl (C=O) groups is 1. The van der Waals surface area contributed by atoms with Crippen LogP contribution in [0, 0.1) is 18.6 Å². The summed E-state index contributed by atoms with van der Waals surface area (Å²) in [5, 5.41) is 5.57. The summed E-state index contributed by atoms with van der Waals surface area (Å²) in [6.45, 7) is 1.92. The van der Waals surface area contributed by atoms with Crippen molar-refractivity contribution in [3.05, 3.63) is 29.3 Å². The molecule has 0 radical (unpaired) electrons. The molecule has 1 aliphatic heterocycles. The van der Waals surface area contributed by atoms with Crippen LogP contribution >= 0.6 is 0 Å². The first-order valence-electron chi connectivity index (χ1n) is 5.55. The number of aryl methyl sites for hydroxylation is 1. The minimum atomic E-state index is -0.478. The maximum atomic E-state index is 13.5. The average molecular weight is 240 g/mol. The summed E-state index contributed by atoms with van der Waals surface area (Å²) >= 11 is 0. The first kappa shape index (κ1) is 11.8. The van der Waals surface area contributed by atoms with E-state index in [9.17, 15) is 13.6 Å². The van der Waals surface area contributed by atoms with Crippen LogP contribution in [0.2, 0.25) is 0 Å². The van der Waals surface area contributed by atoms with E-state index in [-0.39, 0.29) is 23.2 Å². The molecule has 0 saturated carbocycles. The van der Waals surface area contributed by atoms with Gasteiger partial charge in [-0.1, -0.05) is 0 Å². The van der Waals surface area contributed by atoms with Crippen molar-refractivity contribution in [3.8, 4) is 0 Å². The summed E-state index contributed by atoms with van der Waals surface area (Å²) in [6.07, 6.45) is 1.22. The van der Waals surface area contributed by atoms with Crippen molar-refractivity contribution in [2.45, 2.75) is 25.8 Å². The molecule has 5 heteroatoms. The SMILES string of the molecule is Cc1cc(F)c(NCC2CCC(=O)N2)cc1F. The highest BCUT2D eigenvalue weighted by Gasteiger charge is 2.20. The molecule has 1 aromatic rings. The van der Waals surface area contributed by atoms with Crippen LogP contribution in [0.25, 0.3) is 0 Å². The van der Waals surface area contributed by atoms with E-state index in [4.69, 9.17) is 0 Å². The zero-order valence-electron chi connectivity index (χ0n) is 9.52. The van der Waals surface area contributed by atoms with Crippen molar-refractivity contribution in [2.24, 2.45) is 0 Å². The van der Waals surface area contributed by atoms with E-state index in [0.717, 1.165) is 18.6 Å². The molecule has 1 heterocycles. The molecule has 92 valence electrons. The Morgan fingerprint density at radius 2 is 2.18 bits per heavy atom. The number of hydrogen-bond acceptors (Lipinski definition) is 2. The van der Waals surface area contributed by atoms with Crippen LogP contribution in [0.4, 0.5) is 14.5 Å².